The molecular weight excluding hydrogens is 194 g/mol. The van der Waals surface area contributed by atoms with Crippen LogP contribution in [0.25, 0.3) is 0 Å². The van der Waals surface area contributed by atoms with Gasteiger partial charge in [-0.2, -0.15) is 0 Å². The van der Waals surface area contributed by atoms with E-state index in [1.165, 1.54) is 12.8 Å². The molecule has 0 spiro atoms. The van der Waals surface area contributed by atoms with Gasteiger partial charge in [-0.1, -0.05) is 12.8 Å². The number of morpholine rings is 1. The Bertz CT molecular complexity index is 226. The maximum atomic E-state index is 11.4. The maximum absolute atomic E-state index is 11.4. The predicted octanol–water partition coefficient (Wildman–Crippen LogP) is 0.396. The first-order valence-corrected chi connectivity index (χ1v) is 5.81. The average Bonchev–Trinajstić information content (AvgIpc) is 2.74. The van der Waals surface area contributed by atoms with E-state index in [4.69, 9.17) is 4.74 Å². The number of hydrogen-bond acceptors (Lipinski definition) is 3. The van der Waals surface area contributed by atoms with Gasteiger partial charge in [0.1, 0.15) is 6.61 Å². The molecule has 1 aliphatic carbocycles. The number of aliphatic hydroxyl groups excluding tert-OH is 1. The van der Waals surface area contributed by atoms with Gasteiger partial charge in [0.15, 0.2) is 0 Å². The number of carbonyl (C=O) groups excluding carboxylic acids is 1. The third kappa shape index (κ3) is 2.69. The lowest BCUT2D eigenvalue weighted by molar-refractivity contribution is -0.144. The van der Waals surface area contributed by atoms with Gasteiger partial charge >= 0.3 is 0 Å². The second-order valence-electron chi connectivity index (χ2n) is 4.50. The number of β-amino-alcohol motifs (C(OH)–C–C–N with tert-alkyl or cyclic N) is 1. The quantitative estimate of drug-likeness (QED) is 0.738. The molecule has 4 heteroatoms. The minimum Gasteiger partial charge on any atom is -0.391 e. The van der Waals surface area contributed by atoms with Crippen molar-refractivity contribution < 1.29 is 14.6 Å². The molecule has 0 radical (unpaired) electrons. The van der Waals surface area contributed by atoms with E-state index in [1.54, 1.807) is 4.90 Å². The molecule has 1 N–H and O–H groups in total. The molecule has 2 fully saturated rings. The SMILES string of the molecule is O=C1COCCN1CC(O)C1CCCC1. The van der Waals surface area contributed by atoms with E-state index in [9.17, 15) is 9.90 Å². The van der Waals surface area contributed by atoms with Crippen LogP contribution < -0.4 is 0 Å². The summed E-state index contributed by atoms with van der Waals surface area (Å²) >= 11 is 0. The van der Waals surface area contributed by atoms with Crippen LogP contribution in [0.2, 0.25) is 0 Å². The number of carbonyl (C=O) groups is 1. The van der Waals surface area contributed by atoms with Crippen LogP contribution in [0.1, 0.15) is 25.7 Å². The van der Waals surface area contributed by atoms with Gasteiger partial charge in [-0.15, -0.1) is 0 Å². The van der Waals surface area contributed by atoms with E-state index in [1.807, 2.05) is 0 Å². The first kappa shape index (κ1) is 10.9. The first-order chi connectivity index (χ1) is 7.27. The van der Waals surface area contributed by atoms with Crippen molar-refractivity contribution in [1.82, 2.24) is 4.90 Å². The molecule has 1 amide bonds. The highest BCUT2D eigenvalue weighted by molar-refractivity contribution is 5.78. The third-order valence-electron chi connectivity index (χ3n) is 3.44. The molecule has 2 rings (SSSR count). The molecular formula is C11H19NO3. The van der Waals surface area contributed by atoms with Gasteiger partial charge < -0.3 is 14.7 Å². The number of ether oxygens (including phenoxy) is 1. The molecule has 0 aromatic heterocycles. The molecule has 1 saturated carbocycles. The van der Waals surface area contributed by atoms with Crippen LogP contribution >= 0.6 is 0 Å². The van der Waals surface area contributed by atoms with Gasteiger partial charge in [0.25, 0.3) is 0 Å². The summed E-state index contributed by atoms with van der Waals surface area (Å²) in [5, 5.41) is 9.98. The molecule has 1 aliphatic heterocycles. The standard InChI is InChI=1S/C11H19NO3/c13-10(9-3-1-2-4-9)7-12-5-6-15-8-11(12)14/h9-10,13H,1-8H2. The number of rotatable bonds is 3. The van der Waals surface area contributed by atoms with Crippen molar-refractivity contribution in [2.24, 2.45) is 5.92 Å². The average molecular weight is 213 g/mol. The summed E-state index contributed by atoms with van der Waals surface area (Å²) in [5.74, 6) is 0.416. The highest BCUT2D eigenvalue weighted by Gasteiger charge is 2.27. The molecule has 15 heavy (non-hydrogen) atoms. The smallest absolute Gasteiger partial charge is 0.248 e. The van der Waals surface area contributed by atoms with Crippen LogP contribution in [-0.2, 0) is 9.53 Å². The fraction of sp³-hybridized carbons (Fsp3) is 0.909. The topological polar surface area (TPSA) is 49.8 Å². The molecule has 86 valence electrons. The largest absolute Gasteiger partial charge is 0.391 e. The second-order valence-corrected chi connectivity index (χ2v) is 4.50. The van der Waals surface area contributed by atoms with Gasteiger partial charge in [-0.05, 0) is 18.8 Å². The van der Waals surface area contributed by atoms with Crippen molar-refractivity contribution in [2.75, 3.05) is 26.3 Å². The van der Waals surface area contributed by atoms with Crippen LogP contribution in [0.5, 0.6) is 0 Å². The monoisotopic (exact) mass is 213 g/mol. The van der Waals surface area contributed by atoms with Crippen LogP contribution in [0.3, 0.4) is 0 Å². The van der Waals surface area contributed by atoms with Gasteiger partial charge in [-0.25, -0.2) is 0 Å². The molecule has 2 aliphatic rings. The van der Waals surface area contributed by atoms with Crippen molar-refractivity contribution in [3.8, 4) is 0 Å². The third-order valence-corrected chi connectivity index (χ3v) is 3.44. The minimum absolute atomic E-state index is 0.0123. The summed E-state index contributed by atoms with van der Waals surface area (Å²) in [4.78, 5) is 13.2. The van der Waals surface area contributed by atoms with Gasteiger partial charge in [0, 0.05) is 13.1 Å². The Morgan fingerprint density at radius 3 is 2.87 bits per heavy atom. The predicted molar refractivity (Wildman–Crippen MR) is 55.4 cm³/mol. The summed E-state index contributed by atoms with van der Waals surface area (Å²) in [5.41, 5.74) is 0. The molecule has 0 aromatic carbocycles. The Labute approximate surface area is 90.2 Å². The van der Waals surface area contributed by atoms with Crippen molar-refractivity contribution in [2.45, 2.75) is 31.8 Å². The Morgan fingerprint density at radius 1 is 1.47 bits per heavy atom. The first-order valence-electron chi connectivity index (χ1n) is 5.81. The van der Waals surface area contributed by atoms with Crippen LogP contribution in [0.15, 0.2) is 0 Å². The summed E-state index contributed by atoms with van der Waals surface area (Å²) in [6.07, 6.45) is 4.33. The minimum atomic E-state index is -0.338. The van der Waals surface area contributed by atoms with Crippen molar-refractivity contribution >= 4 is 5.91 Å². The summed E-state index contributed by atoms with van der Waals surface area (Å²) in [6, 6.07) is 0. The van der Waals surface area contributed by atoms with Gasteiger partial charge in [0.05, 0.1) is 12.7 Å². The van der Waals surface area contributed by atoms with E-state index in [-0.39, 0.29) is 18.6 Å². The number of hydrogen-bond donors (Lipinski definition) is 1. The Hall–Kier alpha value is -0.610. The zero-order chi connectivity index (χ0) is 10.7. The van der Waals surface area contributed by atoms with Gasteiger partial charge in [0.2, 0.25) is 5.91 Å². The summed E-state index contributed by atoms with van der Waals surface area (Å²) < 4.78 is 5.05. The van der Waals surface area contributed by atoms with E-state index in [2.05, 4.69) is 0 Å². The van der Waals surface area contributed by atoms with E-state index >= 15 is 0 Å². The van der Waals surface area contributed by atoms with Crippen LogP contribution in [0.4, 0.5) is 0 Å². The lowest BCUT2D eigenvalue weighted by Gasteiger charge is -2.30. The molecule has 0 aromatic rings. The Balaban J connectivity index is 1.81. The fourth-order valence-electron chi connectivity index (χ4n) is 2.46. The van der Waals surface area contributed by atoms with E-state index in [0.717, 1.165) is 12.8 Å². The fourth-order valence-corrected chi connectivity index (χ4v) is 2.46. The van der Waals surface area contributed by atoms with Crippen molar-refractivity contribution in [3.05, 3.63) is 0 Å². The zero-order valence-electron chi connectivity index (χ0n) is 9.02. The zero-order valence-corrected chi connectivity index (χ0v) is 9.02. The summed E-state index contributed by atoms with van der Waals surface area (Å²) in [6.45, 7) is 1.90. The molecule has 1 saturated heterocycles. The van der Waals surface area contributed by atoms with Crippen molar-refractivity contribution in [3.63, 3.8) is 0 Å². The lowest BCUT2D eigenvalue weighted by atomic mass is 10.0. The molecule has 1 heterocycles. The Kier molecular flexibility index (Phi) is 3.59. The normalized spacial score (nSPS) is 25.9. The van der Waals surface area contributed by atoms with E-state index < -0.39 is 0 Å². The summed E-state index contributed by atoms with van der Waals surface area (Å²) in [7, 11) is 0. The number of aliphatic hydroxyl groups is 1. The number of nitrogens with zero attached hydrogens (tertiary/aromatic N) is 1. The van der Waals surface area contributed by atoms with Gasteiger partial charge in [-0.3, -0.25) is 4.79 Å². The second kappa shape index (κ2) is 4.94. The molecule has 1 atom stereocenters. The van der Waals surface area contributed by atoms with Crippen LogP contribution in [0, 0.1) is 5.92 Å². The lowest BCUT2D eigenvalue weighted by Crippen LogP contribution is -2.46. The number of amides is 1. The highest BCUT2D eigenvalue weighted by atomic mass is 16.5. The molecule has 4 nitrogen and oxygen atoms in total. The van der Waals surface area contributed by atoms with Crippen molar-refractivity contribution in [1.29, 1.82) is 0 Å². The van der Waals surface area contributed by atoms with E-state index in [0.29, 0.717) is 25.6 Å². The maximum Gasteiger partial charge on any atom is 0.248 e. The highest BCUT2D eigenvalue weighted by Crippen LogP contribution is 2.28. The molecule has 1 unspecified atom stereocenters. The van der Waals surface area contributed by atoms with Crippen LogP contribution in [-0.4, -0.2) is 48.3 Å². The molecule has 0 bridgehead atoms. The Morgan fingerprint density at radius 2 is 2.20 bits per heavy atom.